The molecule has 1 aromatic rings. The van der Waals surface area contributed by atoms with Crippen LogP contribution in [0.3, 0.4) is 0 Å². The van der Waals surface area contributed by atoms with E-state index in [9.17, 15) is 29.4 Å². The predicted molar refractivity (Wildman–Crippen MR) is 132 cm³/mol. The Morgan fingerprint density at radius 1 is 1.06 bits per heavy atom. The van der Waals surface area contributed by atoms with Gasteiger partial charge < -0.3 is 31.1 Å². The van der Waals surface area contributed by atoms with Crippen LogP contribution in [0.1, 0.15) is 37.7 Å². The van der Waals surface area contributed by atoms with Crippen LogP contribution in [0.15, 0.2) is 24.3 Å². The highest BCUT2D eigenvalue weighted by Gasteiger charge is 2.40. The van der Waals surface area contributed by atoms with Crippen LogP contribution in [0.2, 0.25) is 0 Å². The lowest BCUT2D eigenvalue weighted by molar-refractivity contribution is -0.149. The first-order chi connectivity index (χ1) is 16.7. The summed E-state index contributed by atoms with van der Waals surface area (Å²) < 4.78 is 0. The van der Waals surface area contributed by atoms with E-state index in [-0.39, 0.29) is 18.1 Å². The van der Waals surface area contributed by atoms with Gasteiger partial charge >= 0.3 is 5.97 Å². The van der Waals surface area contributed by atoms with Crippen LogP contribution in [-0.4, -0.2) is 93.0 Å². The summed E-state index contributed by atoms with van der Waals surface area (Å²) in [6.45, 7) is 0.726. The Hall–Kier alpha value is -2.79. The van der Waals surface area contributed by atoms with Gasteiger partial charge in [0, 0.05) is 19.5 Å². The van der Waals surface area contributed by atoms with Crippen molar-refractivity contribution >= 4 is 35.5 Å². The molecule has 4 unspecified atom stereocenters. The Kier molecular flexibility index (Phi) is 9.39. The molecule has 2 heterocycles. The highest BCUT2D eigenvalue weighted by molar-refractivity contribution is 7.98. The van der Waals surface area contributed by atoms with Crippen LogP contribution >= 0.6 is 11.8 Å². The van der Waals surface area contributed by atoms with Crippen LogP contribution < -0.4 is 11.1 Å². The lowest BCUT2D eigenvalue weighted by Crippen LogP contribution is -2.57. The van der Waals surface area contributed by atoms with Crippen LogP contribution in [0.4, 0.5) is 0 Å². The van der Waals surface area contributed by atoms with Gasteiger partial charge in [0.15, 0.2) is 0 Å². The van der Waals surface area contributed by atoms with Crippen LogP contribution in [0.25, 0.3) is 0 Å². The number of nitrogens with zero attached hydrogens (tertiary/aromatic N) is 2. The highest BCUT2D eigenvalue weighted by atomic mass is 32.2. The van der Waals surface area contributed by atoms with E-state index in [0.717, 1.165) is 5.75 Å². The average Bonchev–Trinajstić information content (AvgIpc) is 3.52. The van der Waals surface area contributed by atoms with Crippen molar-refractivity contribution in [3.05, 3.63) is 29.8 Å². The van der Waals surface area contributed by atoms with E-state index in [1.54, 1.807) is 23.9 Å². The van der Waals surface area contributed by atoms with Crippen molar-refractivity contribution in [3.8, 4) is 5.75 Å². The maximum absolute atomic E-state index is 13.4. The number of carbonyl (C=O) groups excluding carboxylic acids is 3. The molecule has 1 aromatic carbocycles. The van der Waals surface area contributed by atoms with Gasteiger partial charge in [0.25, 0.3) is 0 Å². The molecule has 0 bridgehead atoms. The number of carboxylic acid groups (broad SMARTS) is 1. The number of hydrogen-bond acceptors (Lipinski definition) is 7. The van der Waals surface area contributed by atoms with Crippen molar-refractivity contribution in [1.29, 1.82) is 0 Å². The number of nitrogens with two attached hydrogens (primary N) is 1. The number of nitrogens with one attached hydrogen (secondary N) is 1. The molecule has 11 heteroatoms. The minimum atomic E-state index is -1.07. The molecule has 3 rings (SSSR count). The molecule has 2 fully saturated rings. The minimum absolute atomic E-state index is 0.0732. The zero-order valence-corrected chi connectivity index (χ0v) is 20.7. The summed E-state index contributed by atoms with van der Waals surface area (Å²) in [5.74, 6) is -1.45. The molecule has 10 nitrogen and oxygen atoms in total. The van der Waals surface area contributed by atoms with E-state index in [4.69, 9.17) is 5.73 Å². The van der Waals surface area contributed by atoms with E-state index in [1.165, 1.54) is 21.9 Å². The van der Waals surface area contributed by atoms with E-state index in [1.807, 2.05) is 6.26 Å². The molecule has 3 amide bonds. The zero-order valence-electron chi connectivity index (χ0n) is 19.9. The molecule has 2 aliphatic rings. The van der Waals surface area contributed by atoms with E-state index in [0.29, 0.717) is 50.8 Å². The Bertz CT molecular complexity index is 927. The van der Waals surface area contributed by atoms with Gasteiger partial charge in [-0.05, 0) is 61.8 Å². The molecule has 35 heavy (non-hydrogen) atoms. The van der Waals surface area contributed by atoms with Crippen molar-refractivity contribution in [1.82, 2.24) is 15.1 Å². The molecule has 4 atom stereocenters. The second-order valence-electron chi connectivity index (χ2n) is 9.04. The smallest absolute Gasteiger partial charge is 0.326 e. The second-order valence-corrected chi connectivity index (χ2v) is 10.0. The van der Waals surface area contributed by atoms with Crippen LogP contribution in [0, 0.1) is 0 Å². The molecule has 0 aromatic heterocycles. The Balaban J connectivity index is 1.77. The molecular weight excluding hydrogens is 472 g/mol. The number of carbonyl (C=O) groups is 4. The fourth-order valence-electron chi connectivity index (χ4n) is 4.71. The Labute approximate surface area is 209 Å². The van der Waals surface area contributed by atoms with Gasteiger partial charge in [0.2, 0.25) is 17.7 Å². The molecular formula is C24H34N4O6S. The summed E-state index contributed by atoms with van der Waals surface area (Å²) in [6, 6.07) is 2.92. The average molecular weight is 507 g/mol. The van der Waals surface area contributed by atoms with E-state index < -0.39 is 42.0 Å². The summed E-state index contributed by atoms with van der Waals surface area (Å²) in [6.07, 6.45) is 4.63. The number of hydrogen-bond donors (Lipinski definition) is 4. The van der Waals surface area contributed by atoms with E-state index >= 15 is 0 Å². The van der Waals surface area contributed by atoms with Gasteiger partial charge in [-0.2, -0.15) is 11.8 Å². The lowest BCUT2D eigenvalue weighted by Gasteiger charge is -2.30. The largest absolute Gasteiger partial charge is 0.508 e. The van der Waals surface area contributed by atoms with Crippen molar-refractivity contribution in [2.24, 2.45) is 5.73 Å². The molecule has 192 valence electrons. The van der Waals surface area contributed by atoms with Crippen molar-refractivity contribution < 1.29 is 29.4 Å². The van der Waals surface area contributed by atoms with Gasteiger partial charge in [0.1, 0.15) is 23.9 Å². The fraction of sp³-hybridized carbons (Fsp3) is 0.583. The Morgan fingerprint density at radius 2 is 1.66 bits per heavy atom. The van der Waals surface area contributed by atoms with Gasteiger partial charge in [-0.1, -0.05) is 12.1 Å². The fourth-order valence-corrected chi connectivity index (χ4v) is 5.20. The number of aromatic hydroxyl groups is 1. The summed E-state index contributed by atoms with van der Waals surface area (Å²) in [5.41, 5.74) is 6.76. The van der Waals surface area contributed by atoms with Gasteiger partial charge in [-0.25, -0.2) is 4.79 Å². The summed E-state index contributed by atoms with van der Waals surface area (Å²) in [4.78, 5) is 54.1. The Morgan fingerprint density at radius 3 is 2.26 bits per heavy atom. The number of likely N-dealkylation sites (tertiary alicyclic amines) is 2. The monoisotopic (exact) mass is 506 g/mol. The second kappa shape index (κ2) is 12.3. The molecule has 2 saturated heterocycles. The third-order valence-corrected chi connectivity index (χ3v) is 7.24. The molecule has 0 saturated carbocycles. The highest BCUT2D eigenvalue weighted by Crippen LogP contribution is 2.22. The van der Waals surface area contributed by atoms with Crippen molar-refractivity contribution in [2.75, 3.05) is 25.1 Å². The quantitative estimate of drug-likeness (QED) is 0.359. The zero-order chi connectivity index (χ0) is 25.5. The molecule has 2 aliphatic heterocycles. The predicted octanol–water partition coefficient (Wildman–Crippen LogP) is 0.567. The number of benzene rings is 1. The van der Waals surface area contributed by atoms with Crippen molar-refractivity contribution in [3.63, 3.8) is 0 Å². The molecule has 5 N–H and O–H groups in total. The number of thioether (sulfide) groups is 1. The minimum Gasteiger partial charge on any atom is -0.508 e. The summed E-state index contributed by atoms with van der Waals surface area (Å²) in [7, 11) is 0. The standard InChI is InChI=1S/C24H34N4O6S/c1-35-13-10-17(25)22(31)27-11-2-4-19(27)21(30)26-18(14-15-6-8-16(29)9-7-15)23(32)28-12-3-5-20(28)24(33)34/h6-9,17-20,29H,2-5,10-14,25H2,1H3,(H,26,30)(H,33,34). The van der Waals surface area contributed by atoms with Gasteiger partial charge in [-0.15, -0.1) is 0 Å². The summed E-state index contributed by atoms with van der Waals surface area (Å²) >= 11 is 1.59. The number of phenolic OH excluding ortho intramolecular Hbond substituents is 1. The van der Waals surface area contributed by atoms with Crippen LogP contribution in [0.5, 0.6) is 5.75 Å². The normalized spacial score (nSPS) is 21.5. The number of carboxylic acids is 1. The number of phenols is 1. The number of aliphatic carboxylic acids is 1. The molecule has 0 radical (unpaired) electrons. The van der Waals surface area contributed by atoms with Crippen molar-refractivity contribution in [2.45, 2.75) is 62.7 Å². The van der Waals surface area contributed by atoms with Crippen LogP contribution in [-0.2, 0) is 25.6 Å². The maximum atomic E-state index is 13.4. The first kappa shape index (κ1) is 26.8. The van der Waals surface area contributed by atoms with E-state index in [2.05, 4.69) is 5.32 Å². The first-order valence-electron chi connectivity index (χ1n) is 11.9. The summed E-state index contributed by atoms with van der Waals surface area (Å²) in [5, 5.41) is 21.9. The van der Waals surface area contributed by atoms with Gasteiger partial charge in [0.05, 0.1) is 6.04 Å². The third kappa shape index (κ3) is 6.66. The maximum Gasteiger partial charge on any atom is 0.326 e. The number of rotatable bonds is 10. The molecule has 0 spiro atoms. The number of amides is 3. The third-order valence-electron chi connectivity index (χ3n) is 6.60. The van der Waals surface area contributed by atoms with Gasteiger partial charge in [-0.3, -0.25) is 14.4 Å². The SMILES string of the molecule is CSCCC(N)C(=O)N1CCCC1C(=O)NC(Cc1ccc(O)cc1)C(=O)N1CCCC1C(=O)O. The lowest BCUT2D eigenvalue weighted by atomic mass is 10.0. The topological polar surface area (TPSA) is 153 Å². The molecule has 0 aliphatic carbocycles. The first-order valence-corrected chi connectivity index (χ1v) is 13.3.